The maximum absolute atomic E-state index is 14.1. The van der Waals surface area contributed by atoms with Gasteiger partial charge in [-0.1, -0.05) is 26.2 Å². The number of ether oxygens (including phenoxy) is 2. The lowest BCUT2D eigenvalue weighted by Gasteiger charge is -2.35. The van der Waals surface area contributed by atoms with Crippen molar-refractivity contribution in [3.05, 3.63) is 23.8 Å². The molecule has 214 valence electrons. The number of nitrogens with zero attached hydrogens (tertiary/aromatic N) is 2. The zero-order valence-corrected chi connectivity index (χ0v) is 24.1. The van der Waals surface area contributed by atoms with Crippen LogP contribution in [0, 0.1) is 11.8 Å². The van der Waals surface area contributed by atoms with Crippen LogP contribution in [0.2, 0.25) is 0 Å². The molecule has 4 atom stereocenters. The van der Waals surface area contributed by atoms with Crippen molar-refractivity contribution in [2.75, 3.05) is 45.7 Å². The molecule has 1 heterocycles. The van der Waals surface area contributed by atoms with Crippen LogP contribution in [0.1, 0.15) is 82.5 Å². The number of likely N-dealkylation sites (N-methyl/N-ethyl adjacent to an activating group) is 1. The molecule has 1 aromatic carbocycles. The highest BCUT2D eigenvalue weighted by atomic mass is 16.5. The third kappa shape index (κ3) is 8.68. The van der Waals surface area contributed by atoms with Crippen molar-refractivity contribution in [2.24, 2.45) is 11.8 Å². The molecule has 0 bridgehead atoms. The lowest BCUT2D eigenvalue weighted by Crippen LogP contribution is -2.47. The summed E-state index contributed by atoms with van der Waals surface area (Å²) in [6.07, 6.45) is 7.81. The van der Waals surface area contributed by atoms with E-state index in [4.69, 9.17) is 9.47 Å². The first-order chi connectivity index (χ1) is 18.2. The number of hydrogen-bond acceptors (Lipinski definition) is 6. The van der Waals surface area contributed by atoms with Crippen LogP contribution in [0.3, 0.4) is 0 Å². The summed E-state index contributed by atoms with van der Waals surface area (Å²) < 4.78 is 12.6. The highest BCUT2D eigenvalue weighted by molar-refractivity contribution is 6.00. The van der Waals surface area contributed by atoms with Gasteiger partial charge in [-0.25, -0.2) is 0 Å². The van der Waals surface area contributed by atoms with Crippen molar-refractivity contribution in [1.82, 2.24) is 9.80 Å². The Morgan fingerprint density at radius 1 is 1.13 bits per heavy atom. The van der Waals surface area contributed by atoms with Crippen LogP contribution >= 0.6 is 0 Å². The lowest BCUT2D eigenvalue weighted by molar-refractivity contribution is -0.120. The number of anilines is 1. The second-order valence-corrected chi connectivity index (χ2v) is 11.6. The summed E-state index contributed by atoms with van der Waals surface area (Å²) in [5, 5.41) is 13.1. The Kier molecular flexibility index (Phi) is 11.9. The van der Waals surface area contributed by atoms with E-state index in [0.29, 0.717) is 30.2 Å². The van der Waals surface area contributed by atoms with E-state index in [1.165, 1.54) is 6.42 Å². The average Bonchev–Trinajstić information content (AvgIpc) is 2.90. The molecule has 8 nitrogen and oxygen atoms in total. The average molecular weight is 532 g/mol. The molecule has 1 aliphatic heterocycles. The van der Waals surface area contributed by atoms with Gasteiger partial charge in [-0.05, 0) is 78.2 Å². The summed E-state index contributed by atoms with van der Waals surface area (Å²) in [5.41, 5.74) is 1.01. The van der Waals surface area contributed by atoms with Crippen LogP contribution in [-0.4, -0.2) is 85.4 Å². The minimum absolute atomic E-state index is 0.0183. The zero-order valence-electron chi connectivity index (χ0n) is 24.1. The molecule has 0 radical (unpaired) electrons. The first kappa shape index (κ1) is 30.4. The molecule has 0 spiro atoms. The van der Waals surface area contributed by atoms with Crippen molar-refractivity contribution < 1.29 is 24.2 Å². The fourth-order valence-corrected chi connectivity index (χ4v) is 5.43. The molecule has 1 aromatic rings. The Bertz CT molecular complexity index is 902. The van der Waals surface area contributed by atoms with E-state index < -0.39 is 0 Å². The fourth-order valence-electron chi connectivity index (χ4n) is 5.43. The van der Waals surface area contributed by atoms with Crippen LogP contribution in [0.5, 0.6) is 5.75 Å². The standard InChI is InChI=1S/C30H49N3O5/c1-21-18-33(22(2)20-34)30(36)26-17-25(31-29(35)24-12-7-6-8-13-24)14-15-27(26)38-23(3)11-9-10-16-37-28(21)19-32(4)5/h14-15,17,21-24,28,34H,6-13,16,18-20H2,1-5H3,(H,31,35)/t21-,22-,23-,28+/m0/s1. The predicted octanol–water partition coefficient (Wildman–Crippen LogP) is 4.56. The molecule has 2 aliphatic rings. The van der Waals surface area contributed by atoms with Gasteiger partial charge in [-0.15, -0.1) is 0 Å². The van der Waals surface area contributed by atoms with E-state index in [0.717, 1.165) is 51.5 Å². The maximum Gasteiger partial charge on any atom is 0.258 e. The first-order valence-electron chi connectivity index (χ1n) is 14.5. The topological polar surface area (TPSA) is 91.3 Å². The third-order valence-electron chi connectivity index (χ3n) is 7.84. The minimum Gasteiger partial charge on any atom is -0.490 e. The smallest absolute Gasteiger partial charge is 0.258 e. The molecule has 1 aliphatic carbocycles. The summed E-state index contributed by atoms with van der Waals surface area (Å²) in [4.78, 5) is 30.9. The SMILES string of the molecule is C[C@H]1CCCCO[C@H](CN(C)C)[C@@H](C)CN([C@@H](C)CO)C(=O)c2cc(NC(=O)C3CCCCC3)ccc2O1. The van der Waals surface area contributed by atoms with Crippen LogP contribution in [0.25, 0.3) is 0 Å². The second kappa shape index (κ2) is 14.8. The van der Waals surface area contributed by atoms with Gasteiger partial charge in [0.15, 0.2) is 0 Å². The van der Waals surface area contributed by atoms with Crippen molar-refractivity contribution in [3.63, 3.8) is 0 Å². The van der Waals surface area contributed by atoms with E-state index in [2.05, 4.69) is 17.1 Å². The van der Waals surface area contributed by atoms with Crippen LogP contribution < -0.4 is 10.1 Å². The van der Waals surface area contributed by atoms with E-state index >= 15 is 0 Å². The molecule has 2 N–H and O–H groups in total. The molecule has 8 heteroatoms. The number of fused-ring (bicyclic) bond motifs is 1. The first-order valence-corrected chi connectivity index (χ1v) is 14.5. The monoisotopic (exact) mass is 531 g/mol. The number of rotatable bonds is 6. The number of aliphatic hydroxyl groups is 1. The highest BCUT2D eigenvalue weighted by Gasteiger charge is 2.30. The molecule has 2 amide bonds. The number of carbonyl (C=O) groups excluding carboxylic acids is 2. The predicted molar refractivity (Wildman–Crippen MR) is 151 cm³/mol. The maximum atomic E-state index is 14.1. The molecular weight excluding hydrogens is 482 g/mol. The van der Waals surface area contributed by atoms with Gasteiger partial charge < -0.3 is 29.7 Å². The number of nitrogens with one attached hydrogen (secondary N) is 1. The molecule has 1 saturated carbocycles. The fraction of sp³-hybridized carbons (Fsp3) is 0.733. The molecule has 0 saturated heterocycles. The van der Waals surface area contributed by atoms with Crippen molar-refractivity contribution in [3.8, 4) is 5.75 Å². The Morgan fingerprint density at radius 2 is 1.84 bits per heavy atom. The third-order valence-corrected chi connectivity index (χ3v) is 7.84. The zero-order chi connectivity index (χ0) is 27.7. The number of amides is 2. The van der Waals surface area contributed by atoms with E-state index in [9.17, 15) is 14.7 Å². The molecule has 0 unspecified atom stereocenters. The van der Waals surface area contributed by atoms with Gasteiger partial charge in [0, 0.05) is 37.2 Å². The normalized spacial score (nSPS) is 25.3. The summed E-state index contributed by atoms with van der Waals surface area (Å²) in [7, 11) is 4.05. The quantitative estimate of drug-likeness (QED) is 0.559. The lowest BCUT2D eigenvalue weighted by atomic mass is 9.88. The van der Waals surface area contributed by atoms with Crippen LogP contribution in [-0.2, 0) is 9.53 Å². The second-order valence-electron chi connectivity index (χ2n) is 11.6. The van der Waals surface area contributed by atoms with Crippen molar-refractivity contribution in [2.45, 2.75) is 90.4 Å². The van der Waals surface area contributed by atoms with Crippen LogP contribution in [0.4, 0.5) is 5.69 Å². The Morgan fingerprint density at radius 3 is 2.53 bits per heavy atom. The van der Waals surface area contributed by atoms with Gasteiger partial charge in [0.2, 0.25) is 5.91 Å². The summed E-state index contributed by atoms with van der Waals surface area (Å²) in [6.45, 7) is 7.68. The number of hydrogen-bond donors (Lipinski definition) is 2. The summed E-state index contributed by atoms with van der Waals surface area (Å²) in [5.74, 6) is 0.389. The van der Waals surface area contributed by atoms with E-state index in [1.807, 2.05) is 34.0 Å². The summed E-state index contributed by atoms with van der Waals surface area (Å²) in [6, 6.07) is 4.98. The van der Waals surface area contributed by atoms with Crippen molar-refractivity contribution >= 4 is 17.5 Å². The molecule has 3 rings (SSSR count). The number of carbonyl (C=O) groups is 2. The molecule has 1 fully saturated rings. The Hall–Kier alpha value is -2.16. The molecule has 38 heavy (non-hydrogen) atoms. The number of benzene rings is 1. The largest absolute Gasteiger partial charge is 0.490 e. The Labute approximate surface area is 229 Å². The number of aliphatic hydroxyl groups excluding tert-OH is 1. The van der Waals surface area contributed by atoms with Gasteiger partial charge >= 0.3 is 0 Å². The Balaban J connectivity index is 1.94. The van der Waals surface area contributed by atoms with Gasteiger partial charge in [0.05, 0.1) is 30.4 Å². The van der Waals surface area contributed by atoms with Gasteiger partial charge in [0.25, 0.3) is 5.91 Å². The highest BCUT2D eigenvalue weighted by Crippen LogP contribution is 2.30. The van der Waals surface area contributed by atoms with E-state index in [-0.39, 0.29) is 48.5 Å². The van der Waals surface area contributed by atoms with Gasteiger partial charge in [-0.2, -0.15) is 0 Å². The van der Waals surface area contributed by atoms with Gasteiger partial charge in [0.1, 0.15) is 5.75 Å². The minimum atomic E-state index is -0.386. The van der Waals surface area contributed by atoms with Crippen molar-refractivity contribution in [1.29, 1.82) is 0 Å². The van der Waals surface area contributed by atoms with Crippen LogP contribution in [0.15, 0.2) is 18.2 Å². The summed E-state index contributed by atoms with van der Waals surface area (Å²) >= 11 is 0. The molecule has 0 aromatic heterocycles. The van der Waals surface area contributed by atoms with Gasteiger partial charge in [-0.3, -0.25) is 9.59 Å². The van der Waals surface area contributed by atoms with E-state index in [1.54, 1.807) is 17.0 Å². The molecular formula is C30H49N3O5.